The van der Waals surface area contributed by atoms with Gasteiger partial charge < -0.3 is 0 Å². The van der Waals surface area contributed by atoms with Crippen molar-refractivity contribution in [3.05, 3.63) is 133 Å². The summed E-state index contributed by atoms with van der Waals surface area (Å²) < 4.78 is 0. The van der Waals surface area contributed by atoms with Gasteiger partial charge in [0.05, 0.1) is 0 Å². The van der Waals surface area contributed by atoms with Gasteiger partial charge in [-0.1, -0.05) is 76.7 Å². The summed E-state index contributed by atoms with van der Waals surface area (Å²) in [6.45, 7) is 9.73. The van der Waals surface area contributed by atoms with Gasteiger partial charge >= 0.3 is 0 Å². The average Bonchev–Trinajstić information content (AvgIpc) is 3.38. The molecule has 0 spiro atoms. The Morgan fingerprint density at radius 1 is 0.758 bits per heavy atom. The van der Waals surface area contributed by atoms with Gasteiger partial charge in [-0.2, -0.15) is 12.1 Å². The molecule has 0 fully saturated rings. The maximum Gasteiger partial charge on any atom is 0 e. The van der Waals surface area contributed by atoms with E-state index in [-0.39, 0.29) is 25.8 Å². The van der Waals surface area contributed by atoms with Gasteiger partial charge in [0, 0.05) is 25.8 Å². The fourth-order valence-corrected chi connectivity index (χ4v) is 4.76. The summed E-state index contributed by atoms with van der Waals surface area (Å²) in [6, 6.07) is 34.6. The van der Waals surface area contributed by atoms with Crippen LogP contribution in [0.1, 0.15) is 18.1 Å². The van der Waals surface area contributed by atoms with Crippen molar-refractivity contribution in [1.82, 2.24) is 0 Å². The number of benzene rings is 3. The van der Waals surface area contributed by atoms with Crippen molar-refractivity contribution in [1.29, 1.82) is 0 Å². The van der Waals surface area contributed by atoms with Gasteiger partial charge in [-0.15, -0.1) is 80.9 Å². The summed E-state index contributed by atoms with van der Waals surface area (Å²) >= 11 is 0. The Labute approximate surface area is 219 Å². The predicted molar refractivity (Wildman–Crippen MR) is 148 cm³/mol. The van der Waals surface area contributed by atoms with Crippen LogP contribution in [0.4, 0.5) is 0 Å². The summed E-state index contributed by atoms with van der Waals surface area (Å²) in [6.07, 6.45) is 5.58. The van der Waals surface area contributed by atoms with Crippen LogP contribution in [0.5, 0.6) is 0 Å². The van der Waals surface area contributed by atoms with Gasteiger partial charge in [0.15, 0.2) is 0 Å². The van der Waals surface area contributed by atoms with Crippen molar-refractivity contribution in [2.45, 2.75) is 20.8 Å². The molecule has 2 heteroatoms. The average molecular weight is 613 g/mol. The summed E-state index contributed by atoms with van der Waals surface area (Å²) in [5.41, 5.74) is 2.73. The van der Waals surface area contributed by atoms with Crippen LogP contribution in [0.2, 0.25) is 0 Å². The summed E-state index contributed by atoms with van der Waals surface area (Å²) in [7, 11) is 0.759. The molecule has 1 atom stereocenters. The third-order valence-corrected chi connectivity index (χ3v) is 6.54. The van der Waals surface area contributed by atoms with Crippen LogP contribution in [0.25, 0.3) is 21.5 Å². The Morgan fingerprint density at radius 3 is 1.88 bits per heavy atom. The van der Waals surface area contributed by atoms with E-state index in [4.69, 9.17) is 0 Å². The van der Waals surface area contributed by atoms with Gasteiger partial charge in [-0.25, -0.2) is 0 Å². The first-order valence-corrected chi connectivity index (χ1v) is 11.9. The second-order valence-corrected chi connectivity index (χ2v) is 9.10. The van der Waals surface area contributed by atoms with Crippen LogP contribution in [0.3, 0.4) is 0 Å². The Balaban J connectivity index is 0.000000205. The van der Waals surface area contributed by atoms with E-state index < -0.39 is 0 Å². The van der Waals surface area contributed by atoms with Crippen molar-refractivity contribution >= 4 is 40.7 Å². The fraction of sp³-hybridized carbons (Fsp3) is 0.0968. The molecule has 0 bridgehead atoms. The van der Waals surface area contributed by atoms with Crippen molar-refractivity contribution in [2.24, 2.45) is 0 Å². The second kappa shape index (κ2) is 14.0. The zero-order chi connectivity index (χ0) is 22.8. The molecule has 0 N–H and O–H groups in total. The SMILES string of the molecule is C=CC=CC.Cc1cc2ccccc2[cH-]1.Cc1ccccc1Pc1cc2ccccc2[cH-]1.[Hf]. The second-order valence-electron chi connectivity index (χ2n) is 7.74. The Morgan fingerprint density at radius 2 is 1.33 bits per heavy atom. The molecule has 0 radical (unpaired) electrons. The number of hydrogen-bond donors (Lipinski definition) is 0. The summed E-state index contributed by atoms with van der Waals surface area (Å²) in [4.78, 5) is 0. The van der Waals surface area contributed by atoms with E-state index in [9.17, 15) is 0 Å². The standard InChI is InChI=1S/C16H14P.C10H9.C5H8.Hf/c1-12-6-2-5-9-16(12)17-15-10-13-7-3-4-8-14(13)11-15;1-8-6-9-4-2-3-5-10(9)7-8;1-3-5-4-2;/h2-11,17H,1H3;2-7H,1H3;3-5H,1H2,2H3;/q2*-1;;. The molecule has 5 aromatic carbocycles. The van der Waals surface area contributed by atoms with Gasteiger partial charge in [-0.05, 0) is 24.7 Å². The molecule has 0 saturated carbocycles. The maximum atomic E-state index is 3.46. The zero-order valence-corrected chi connectivity index (χ0v) is 24.3. The molecule has 33 heavy (non-hydrogen) atoms. The number of allylic oxidation sites excluding steroid dienone is 3. The van der Waals surface area contributed by atoms with Crippen LogP contribution in [0, 0.1) is 13.8 Å². The molecule has 0 saturated heterocycles. The van der Waals surface area contributed by atoms with Crippen LogP contribution < -0.4 is 10.6 Å². The number of rotatable bonds is 3. The van der Waals surface area contributed by atoms with E-state index in [1.807, 2.05) is 19.1 Å². The Hall–Kier alpha value is -2.34. The Kier molecular flexibility index (Phi) is 11.4. The van der Waals surface area contributed by atoms with Crippen LogP contribution >= 0.6 is 8.58 Å². The molecule has 0 aliphatic rings. The predicted octanol–water partition coefficient (Wildman–Crippen LogP) is 8.11. The molecule has 0 amide bonds. The fourth-order valence-electron chi connectivity index (χ4n) is 3.53. The summed E-state index contributed by atoms with van der Waals surface area (Å²) in [5, 5.41) is 8.27. The first kappa shape index (κ1) is 26.9. The van der Waals surface area contributed by atoms with Crippen molar-refractivity contribution < 1.29 is 25.8 Å². The van der Waals surface area contributed by atoms with Crippen LogP contribution in [0.15, 0.2) is 122 Å². The number of hydrogen-bond acceptors (Lipinski definition) is 0. The molecule has 0 aromatic heterocycles. The van der Waals surface area contributed by atoms with Gasteiger partial charge in [-0.3, -0.25) is 0 Å². The van der Waals surface area contributed by atoms with Crippen molar-refractivity contribution in [2.75, 3.05) is 0 Å². The topological polar surface area (TPSA) is 0 Å². The molecule has 0 nitrogen and oxygen atoms in total. The van der Waals surface area contributed by atoms with Crippen molar-refractivity contribution in [3.63, 3.8) is 0 Å². The molecule has 0 heterocycles. The molecule has 5 rings (SSSR count). The zero-order valence-electron chi connectivity index (χ0n) is 19.7. The normalized spacial score (nSPS) is 10.5. The Bertz CT molecular complexity index is 1240. The third kappa shape index (κ3) is 8.18. The molecule has 5 aromatic rings. The minimum Gasteiger partial charge on any atom is -0.165 e. The molecular weight excluding hydrogens is 582 g/mol. The minimum absolute atomic E-state index is 0. The molecule has 1 unspecified atom stereocenters. The molecule has 0 aliphatic heterocycles. The smallest absolute Gasteiger partial charge is 0 e. The maximum absolute atomic E-state index is 3.46. The van der Waals surface area contributed by atoms with E-state index in [1.165, 1.54) is 43.3 Å². The number of aryl methyl sites for hydroxylation is 2. The molecule has 0 aliphatic carbocycles. The molecule has 166 valence electrons. The quantitative estimate of drug-likeness (QED) is 0.0836. The first-order valence-electron chi connectivity index (χ1n) is 10.9. The van der Waals surface area contributed by atoms with E-state index in [0.717, 1.165) is 8.58 Å². The van der Waals surface area contributed by atoms with Gasteiger partial charge in [0.1, 0.15) is 0 Å². The van der Waals surface area contributed by atoms with E-state index >= 15 is 0 Å². The van der Waals surface area contributed by atoms with Crippen LogP contribution in [-0.2, 0) is 25.8 Å². The van der Waals surface area contributed by atoms with E-state index in [1.54, 1.807) is 6.08 Å². The van der Waals surface area contributed by atoms with Crippen LogP contribution in [-0.4, -0.2) is 0 Å². The van der Waals surface area contributed by atoms with E-state index in [0.29, 0.717) is 0 Å². The first-order chi connectivity index (χ1) is 15.6. The van der Waals surface area contributed by atoms with Crippen molar-refractivity contribution in [3.8, 4) is 0 Å². The van der Waals surface area contributed by atoms with Gasteiger partial charge in [0.25, 0.3) is 0 Å². The third-order valence-electron chi connectivity index (χ3n) is 5.13. The summed E-state index contributed by atoms with van der Waals surface area (Å²) in [5.74, 6) is 0. The van der Waals surface area contributed by atoms with Gasteiger partial charge in [0.2, 0.25) is 0 Å². The number of fused-ring (bicyclic) bond motifs is 2. The molecular formula is C31H31HfP-2. The minimum atomic E-state index is 0. The van der Waals surface area contributed by atoms with E-state index in [2.05, 4.69) is 117 Å². The monoisotopic (exact) mass is 614 g/mol. The largest absolute Gasteiger partial charge is 0.165 e.